The van der Waals surface area contributed by atoms with Crippen LogP contribution in [0.2, 0.25) is 0 Å². The standard InChI is InChI=1S/C14H22N2O4/c1-14(2,3)20-13(19)16-11(8-17)12(18)9-4-6-10(15)7-5-9/h4-7,11-12,17-18H,8,15H2,1-3H3,(H,16,19)/t11-,12-/m1/s1. The molecule has 0 aliphatic rings. The Labute approximate surface area is 118 Å². The fourth-order valence-corrected chi connectivity index (χ4v) is 1.61. The van der Waals surface area contributed by atoms with E-state index in [1.165, 1.54) is 0 Å². The minimum absolute atomic E-state index is 0.412. The van der Waals surface area contributed by atoms with Crippen LogP contribution in [0.4, 0.5) is 10.5 Å². The maximum Gasteiger partial charge on any atom is 0.408 e. The molecule has 0 spiro atoms. The molecule has 1 aromatic rings. The second-order valence-electron chi connectivity index (χ2n) is 5.55. The Hall–Kier alpha value is -1.79. The van der Waals surface area contributed by atoms with Crippen molar-refractivity contribution in [3.8, 4) is 0 Å². The van der Waals surface area contributed by atoms with Gasteiger partial charge in [-0.05, 0) is 38.5 Å². The highest BCUT2D eigenvalue weighted by atomic mass is 16.6. The molecular weight excluding hydrogens is 260 g/mol. The largest absolute Gasteiger partial charge is 0.444 e. The zero-order valence-corrected chi connectivity index (χ0v) is 12.0. The molecule has 0 aliphatic carbocycles. The van der Waals surface area contributed by atoms with Crippen LogP contribution in [0.25, 0.3) is 0 Å². The molecule has 20 heavy (non-hydrogen) atoms. The number of nitrogens with one attached hydrogen (secondary N) is 1. The van der Waals surface area contributed by atoms with E-state index in [4.69, 9.17) is 10.5 Å². The molecular formula is C14H22N2O4. The van der Waals surface area contributed by atoms with Crippen molar-refractivity contribution in [3.63, 3.8) is 0 Å². The molecule has 0 saturated carbocycles. The first-order valence-corrected chi connectivity index (χ1v) is 6.37. The van der Waals surface area contributed by atoms with Crippen LogP contribution in [-0.2, 0) is 4.74 Å². The van der Waals surface area contributed by atoms with Gasteiger partial charge in [0.05, 0.1) is 12.6 Å². The smallest absolute Gasteiger partial charge is 0.408 e. The molecule has 6 nitrogen and oxygen atoms in total. The Morgan fingerprint density at radius 3 is 2.35 bits per heavy atom. The van der Waals surface area contributed by atoms with E-state index >= 15 is 0 Å². The molecule has 1 rings (SSSR count). The summed E-state index contributed by atoms with van der Waals surface area (Å²) in [4.78, 5) is 11.6. The lowest BCUT2D eigenvalue weighted by Gasteiger charge is -2.25. The number of aliphatic hydroxyl groups excluding tert-OH is 2. The van der Waals surface area contributed by atoms with E-state index in [1.807, 2.05) is 0 Å². The number of alkyl carbamates (subject to hydrolysis) is 1. The van der Waals surface area contributed by atoms with Crippen LogP contribution < -0.4 is 11.1 Å². The number of aliphatic hydroxyl groups is 2. The average molecular weight is 282 g/mol. The number of anilines is 1. The summed E-state index contributed by atoms with van der Waals surface area (Å²) in [6.07, 6.45) is -1.74. The minimum Gasteiger partial charge on any atom is -0.444 e. The summed E-state index contributed by atoms with van der Waals surface area (Å²) in [5.74, 6) is 0. The highest BCUT2D eigenvalue weighted by Gasteiger charge is 2.25. The first-order chi connectivity index (χ1) is 9.23. The zero-order valence-electron chi connectivity index (χ0n) is 12.0. The van der Waals surface area contributed by atoms with Crippen LogP contribution in [-0.4, -0.2) is 34.6 Å². The molecule has 0 unspecified atom stereocenters. The quantitative estimate of drug-likeness (QED) is 0.621. The highest BCUT2D eigenvalue weighted by Crippen LogP contribution is 2.18. The number of rotatable bonds is 4. The van der Waals surface area contributed by atoms with Crippen molar-refractivity contribution in [2.24, 2.45) is 0 Å². The fourth-order valence-electron chi connectivity index (χ4n) is 1.61. The lowest BCUT2D eigenvalue weighted by atomic mass is 10.0. The molecule has 0 aliphatic heterocycles. The Bertz CT molecular complexity index is 439. The summed E-state index contributed by atoms with van der Waals surface area (Å²) in [5, 5.41) is 21.9. The molecule has 1 aromatic carbocycles. The van der Waals surface area contributed by atoms with Gasteiger partial charge in [0.2, 0.25) is 0 Å². The Morgan fingerprint density at radius 2 is 1.90 bits per heavy atom. The number of nitrogen functional groups attached to an aromatic ring is 1. The van der Waals surface area contributed by atoms with Crippen molar-refractivity contribution < 1.29 is 19.7 Å². The molecule has 2 atom stereocenters. The number of nitrogens with two attached hydrogens (primary N) is 1. The molecule has 0 heterocycles. The predicted molar refractivity (Wildman–Crippen MR) is 76.1 cm³/mol. The third kappa shape index (κ3) is 5.07. The predicted octanol–water partition coefficient (Wildman–Crippen LogP) is 1.19. The van der Waals surface area contributed by atoms with Gasteiger partial charge in [-0.1, -0.05) is 12.1 Å². The van der Waals surface area contributed by atoms with Gasteiger partial charge < -0.3 is 26.0 Å². The Morgan fingerprint density at radius 1 is 1.35 bits per heavy atom. The van der Waals surface area contributed by atoms with Gasteiger partial charge in [-0.3, -0.25) is 0 Å². The van der Waals surface area contributed by atoms with Gasteiger partial charge in [0.15, 0.2) is 0 Å². The molecule has 0 radical (unpaired) electrons. The van der Waals surface area contributed by atoms with Crippen molar-refractivity contribution in [2.75, 3.05) is 12.3 Å². The summed E-state index contributed by atoms with van der Waals surface area (Å²) in [6.45, 7) is 4.79. The van der Waals surface area contributed by atoms with E-state index in [0.717, 1.165) is 0 Å². The Balaban J connectivity index is 2.70. The maximum atomic E-state index is 11.6. The first kappa shape index (κ1) is 16.3. The minimum atomic E-state index is -1.05. The lowest BCUT2D eigenvalue weighted by Crippen LogP contribution is -2.44. The van der Waals surface area contributed by atoms with E-state index in [1.54, 1.807) is 45.0 Å². The van der Waals surface area contributed by atoms with Crippen LogP contribution >= 0.6 is 0 Å². The molecule has 6 heteroatoms. The summed E-state index contributed by atoms with van der Waals surface area (Å²) < 4.78 is 5.08. The Kier molecular flexibility index (Phi) is 5.35. The van der Waals surface area contributed by atoms with Gasteiger partial charge in [0, 0.05) is 5.69 Å². The van der Waals surface area contributed by atoms with Gasteiger partial charge in [-0.25, -0.2) is 4.79 Å². The SMILES string of the molecule is CC(C)(C)OC(=O)N[C@H](CO)[C@H](O)c1ccc(N)cc1. The average Bonchev–Trinajstić information content (AvgIpc) is 2.34. The third-order valence-corrected chi connectivity index (χ3v) is 2.56. The number of hydrogen-bond acceptors (Lipinski definition) is 5. The number of carbonyl (C=O) groups is 1. The van der Waals surface area contributed by atoms with Gasteiger partial charge in [-0.15, -0.1) is 0 Å². The summed E-state index contributed by atoms with van der Waals surface area (Å²) >= 11 is 0. The highest BCUT2D eigenvalue weighted by molar-refractivity contribution is 5.68. The topological polar surface area (TPSA) is 105 Å². The van der Waals surface area contributed by atoms with Gasteiger partial charge >= 0.3 is 6.09 Å². The molecule has 5 N–H and O–H groups in total. The van der Waals surface area contributed by atoms with Crippen molar-refractivity contribution in [3.05, 3.63) is 29.8 Å². The van der Waals surface area contributed by atoms with Crippen LogP contribution in [0.5, 0.6) is 0 Å². The van der Waals surface area contributed by atoms with Crippen LogP contribution in [0.3, 0.4) is 0 Å². The molecule has 0 bridgehead atoms. The second kappa shape index (κ2) is 6.58. The van der Waals surface area contributed by atoms with Gasteiger partial charge in [-0.2, -0.15) is 0 Å². The molecule has 0 fully saturated rings. The van der Waals surface area contributed by atoms with Gasteiger partial charge in [0.1, 0.15) is 11.7 Å². The van der Waals surface area contributed by atoms with E-state index in [0.29, 0.717) is 11.3 Å². The van der Waals surface area contributed by atoms with Crippen molar-refractivity contribution in [2.45, 2.75) is 38.5 Å². The number of hydrogen-bond donors (Lipinski definition) is 4. The normalized spacial score (nSPS) is 14.4. The summed E-state index contributed by atoms with van der Waals surface area (Å²) in [7, 11) is 0. The van der Waals surface area contributed by atoms with Crippen molar-refractivity contribution in [1.82, 2.24) is 5.32 Å². The molecule has 112 valence electrons. The summed E-state index contributed by atoms with van der Waals surface area (Å²) in [5.41, 5.74) is 6.04. The zero-order chi connectivity index (χ0) is 15.3. The fraction of sp³-hybridized carbons (Fsp3) is 0.500. The van der Waals surface area contributed by atoms with Crippen LogP contribution in [0.1, 0.15) is 32.4 Å². The van der Waals surface area contributed by atoms with E-state index < -0.39 is 30.4 Å². The van der Waals surface area contributed by atoms with Crippen molar-refractivity contribution in [1.29, 1.82) is 0 Å². The lowest BCUT2D eigenvalue weighted by molar-refractivity contribution is 0.0350. The van der Waals surface area contributed by atoms with Gasteiger partial charge in [0.25, 0.3) is 0 Å². The van der Waals surface area contributed by atoms with E-state index in [9.17, 15) is 15.0 Å². The number of benzene rings is 1. The van der Waals surface area contributed by atoms with Crippen LogP contribution in [0.15, 0.2) is 24.3 Å². The number of carbonyl (C=O) groups excluding carboxylic acids is 1. The first-order valence-electron chi connectivity index (χ1n) is 6.37. The van der Waals surface area contributed by atoms with Crippen LogP contribution in [0, 0.1) is 0 Å². The van der Waals surface area contributed by atoms with E-state index in [-0.39, 0.29) is 0 Å². The molecule has 0 aromatic heterocycles. The molecule has 1 amide bonds. The molecule has 0 saturated heterocycles. The van der Waals surface area contributed by atoms with E-state index in [2.05, 4.69) is 5.32 Å². The summed E-state index contributed by atoms with van der Waals surface area (Å²) in [6, 6.07) is 5.70. The monoisotopic (exact) mass is 282 g/mol. The maximum absolute atomic E-state index is 11.6. The number of ether oxygens (including phenoxy) is 1. The second-order valence-corrected chi connectivity index (χ2v) is 5.55. The van der Waals surface area contributed by atoms with Crippen molar-refractivity contribution >= 4 is 11.8 Å². The third-order valence-electron chi connectivity index (χ3n) is 2.56. The number of amides is 1.